The van der Waals surface area contributed by atoms with Crippen molar-refractivity contribution in [2.75, 3.05) is 12.3 Å². The van der Waals surface area contributed by atoms with E-state index in [1.807, 2.05) is 0 Å². The number of nitrogens with zero attached hydrogens (tertiary/aromatic N) is 2. The number of alkyl halides is 3. The number of halogens is 4. The third-order valence-corrected chi connectivity index (χ3v) is 6.53. The van der Waals surface area contributed by atoms with E-state index >= 15 is 4.39 Å². The number of nitrogens with one attached hydrogen (secondary N) is 1. The van der Waals surface area contributed by atoms with E-state index in [1.54, 1.807) is 6.20 Å². The van der Waals surface area contributed by atoms with Crippen LogP contribution in [0.5, 0.6) is 0 Å². The number of hydrogen-bond donors (Lipinski definition) is 4. The van der Waals surface area contributed by atoms with Crippen molar-refractivity contribution in [1.82, 2.24) is 15.3 Å². The number of aliphatic hydroxyl groups is 2. The van der Waals surface area contributed by atoms with E-state index in [-0.39, 0.29) is 34.7 Å². The molecule has 196 valence electrons. The molecule has 1 heterocycles. The molecule has 1 amide bonds. The summed E-state index contributed by atoms with van der Waals surface area (Å²) in [5, 5.41) is 21.8. The summed E-state index contributed by atoms with van der Waals surface area (Å²) in [5.74, 6) is -1.63. The van der Waals surface area contributed by atoms with Crippen molar-refractivity contribution in [2.24, 2.45) is 0 Å². The Hall–Kier alpha value is -3.57. The standard InChI is InChI=1S/C26H26F4N4O3/c27-20-11-16(23-24(31)32-12-21(33-23)14-4-7-18(36)8-5-14)6-9-19(20)25(37)34-22(13-35)15-2-1-3-17(10-15)26(28,29)30/h1-3,6,9-12,14,18,22,35-36H,4-5,7-8,13H2,(H2,31,32)(H,34,37). The van der Waals surface area contributed by atoms with Gasteiger partial charge in [0.15, 0.2) is 0 Å². The summed E-state index contributed by atoms with van der Waals surface area (Å²) in [6.07, 6.45) is -0.566. The summed E-state index contributed by atoms with van der Waals surface area (Å²) in [6.45, 7) is -0.691. The zero-order valence-corrected chi connectivity index (χ0v) is 19.7. The predicted molar refractivity (Wildman–Crippen MR) is 128 cm³/mol. The summed E-state index contributed by atoms with van der Waals surface area (Å²) < 4.78 is 54.1. The molecule has 1 fully saturated rings. The lowest BCUT2D eigenvalue weighted by Gasteiger charge is -2.25. The van der Waals surface area contributed by atoms with Crippen molar-refractivity contribution in [3.8, 4) is 11.3 Å². The van der Waals surface area contributed by atoms with Gasteiger partial charge in [0.05, 0.1) is 41.8 Å². The smallest absolute Gasteiger partial charge is 0.394 e. The van der Waals surface area contributed by atoms with Crippen LogP contribution < -0.4 is 11.1 Å². The second kappa shape index (κ2) is 10.8. The first kappa shape index (κ1) is 26.5. The fraction of sp³-hybridized carbons (Fsp3) is 0.346. The molecule has 0 bridgehead atoms. The van der Waals surface area contributed by atoms with Crippen LogP contribution in [0, 0.1) is 5.82 Å². The molecule has 0 spiro atoms. The van der Waals surface area contributed by atoms with E-state index in [0.29, 0.717) is 24.1 Å². The maximum Gasteiger partial charge on any atom is 0.416 e. The SMILES string of the molecule is Nc1ncc(C2CCC(O)CC2)nc1-c1ccc(C(=O)NC(CO)c2cccc(C(F)(F)F)c2)c(F)c1. The number of hydrogen-bond acceptors (Lipinski definition) is 6. The number of benzene rings is 2. The van der Waals surface area contributed by atoms with Gasteiger partial charge in [0, 0.05) is 11.5 Å². The van der Waals surface area contributed by atoms with Crippen molar-refractivity contribution >= 4 is 11.7 Å². The van der Waals surface area contributed by atoms with Gasteiger partial charge in [-0.1, -0.05) is 18.2 Å². The highest BCUT2D eigenvalue weighted by molar-refractivity contribution is 5.95. The molecule has 1 atom stereocenters. The van der Waals surface area contributed by atoms with E-state index in [4.69, 9.17) is 5.73 Å². The Morgan fingerprint density at radius 2 is 1.86 bits per heavy atom. The summed E-state index contributed by atoms with van der Waals surface area (Å²) >= 11 is 0. The number of anilines is 1. The molecule has 5 N–H and O–H groups in total. The molecule has 0 radical (unpaired) electrons. The lowest BCUT2D eigenvalue weighted by atomic mass is 9.85. The molecule has 2 aromatic carbocycles. The predicted octanol–water partition coefficient (Wildman–Crippen LogP) is 4.37. The quantitative estimate of drug-likeness (QED) is 0.360. The van der Waals surface area contributed by atoms with E-state index < -0.39 is 36.1 Å². The van der Waals surface area contributed by atoms with Crippen LogP contribution in [0.1, 0.15) is 64.8 Å². The first-order valence-corrected chi connectivity index (χ1v) is 11.8. The molecule has 3 aromatic rings. The Balaban J connectivity index is 1.54. The highest BCUT2D eigenvalue weighted by atomic mass is 19.4. The van der Waals surface area contributed by atoms with Gasteiger partial charge < -0.3 is 21.3 Å². The highest BCUT2D eigenvalue weighted by Gasteiger charge is 2.31. The van der Waals surface area contributed by atoms with Gasteiger partial charge in [0.2, 0.25) is 0 Å². The number of carbonyl (C=O) groups is 1. The maximum absolute atomic E-state index is 15.0. The van der Waals surface area contributed by atoms with Gasteiger partial charge >= 0.3 is 6.18 Å². The summed E-state index contributed by atoms with van der Waals surface area (Å²) in [5.41, 5.74) is 5.96. The molecule has 1 saturated carbocycles. The first-order chi connectivity index (χ1) is 17.6. The number of amides is 1. The average Bonchev–Trinajstić information content (AvgIpc) is 2.87. The second-order valence-corrected chi connectivity index (χ2v) is 9.06. The number of aliphatic hydroxyl groups excluding tert-OH is 2. The molecule has 0 saturated heterocycles. The van der Waals surface area contributed by atoms with Crippen LogP contribution in [0.25, 0.3) is 11.3 Å². The normalized spacial score (nSPS) is 18.9. The maximum atomic E-state index is 15.0. The number of carbonyl (C=O) groups excluding carboxylic acids is 1. The zero-order valence-electron chi connectivity index (χ0n) is 19.7. The van der Waals surface area contributed by atoms with Crippen molar-refractivity contribution in [2.45, 2.75) is 49.9 Å². The second-order valence-electron chi connectivity index (χ2n) is 9.06. The van der Waals surface area contributed by atoms with Crippen molar-refractivity contribution in [3.63, 3.8) is 0 Å². The van der Waals surface area contributed by atoms with Crippen molar-refractivity contribution in [3.05, 3.63) is 76.9 Å². The van der Waals surface area contributed by atoms with Gasteiger partial charge in [-0.3, -0.25) is 4.79 Å². The van der Waals surface area contributed by atoms with Crippen molar-refractivity contribution in [1.29, 1.82) is 0 Å². The van der Waals surface area contributed by atoms with E-state index in [9.17, 15) is 28.2 Å². The van der Waals surface area contributed by atoms with Crippen LogP contribution in [0.3, 0.4) is 0 Å². The topological polar surface area (TPSA) is 121 Å². The Bertz CT molecular complexity index is 1280. The van der Waals surface area contributed by atoms with E-state index in [2.05, 4.69) is 15.3 Å². The lowest BCUT2D eigenvalue weighted by Crippen LogP contribution is -2.31. The Labute approximate surface area is 210 Å². The third kappa shape index (κ3) is 6.05. The van der Waals surface area contributed by atoms with E-state index in [0.717, 1.165) is 37.1 Å². The first-order valence-electron chi connectivity index (χ1n) is 11.8. The summed E-state index contributed by atoms with van der Waals surface area (Å²) in [6, 6.07) is 6.76. The lowest BCUT2D eigenvalue weighted by molar-refractivity contribution is -0.137. The molecule has 7 nitrogen and oxygen atoms in total. The monoisotopic (exact) mass is 518 g/mol. The zero-order chi connectivity index (χ0) is 26.7. The number of rotatable bonds is 6. The van der Waals surface area contributed by atoms with Gasteiger partial charge in [0.1, 0.15) is 17.3 Å². The summed E-state index contributed by atoms with van der Waals surface area (Å²) in [7, 11) is 0. The van der Waals surface area contributed by atoms with Crippen LogP contribution >= 0.6 is 0 Å². The van der Waals surface area contributed by atoms with E-state index in [1.165, 1.54) is 18.2 Å². The average molecular weight is 519 g/mol. The Morgan fingerprint density at radius 3 is 2.51 bits per heavy atom. The minimum absolute atomic E-state index is 0.0257. The minimum atomic E-state index is -4.59. The number of aromatic nitrogens is 2. The van der Waals surface area contributed by atoms with Crippen LogP contribution in [0.15, 0.2) is 48.7 Å². The van der Waals surface area contributed by atoms with Crippen LogP contribution in [0.2, 0.25) is 0 Å². The molecule has 11 heteroatoms. The molecule has 1 aromatic heterocycles. The fourth-order valence-electron chi connectivity index (χ4n) is 4.44. The molecule has 1 aliphatic carbocycles. The van der Waals surface area contributed by atoms with Crippen LogP contribution in [0.4, 0.5) is 23.4 Å². The number of nitrogen functional groups attached to an aromatic ring is 1. The molecule has 1 aliphatic rings. The largest absolute Gasteiger partial charge is 0.416 e. The molecular formula is C26H26F4N4O3. The molecule has 4 rings (SSSR count). The van der Waals surface area contributed by atoms with Gasteiger partial charge in [-0.2, -0.15) is 13.2 Å². The molecule has 1 unspecified atom stereocenters. The van der Waals surface area contributed by atoms with Gasteiger partial charge in [-0.25, -0.2) is 14.4 Å². The van der Waals surface area contributed by atoms with Crippen LogP contribution in [-0.4, -0.2) is 38.8 Å². The molecule has 37 heavy (non-hydrogen) atoms. The van der Waals surface area contributed by atoms with Gasteiger partial charge in [-0.15, -0.1) is 0 Å². The van der Waals surface area contributed by atoms with Gasteiger partial charge in [0.25, 0.3) is 5.91 Å². The van der Waals surface area contributed by atoms with Crippen molar-refractivity contribution < 1.29 is 32.6 Å². The van der Waals surface area contributed by atoms with Gasteiger partial charge in [-0.05, 0) is 55.5 Å². The third-order valence-electron chi connectivity index (χ3n) is 6.53. The highest BCUT2D eigenvalue weighted by Crippen LogP contribution is 2.34. The fourth-order valence-corrected chi connectivity index (χ4v) is 4.44. The Kier molecular flexibility index (Phi) is 7.74. The molecule has 0 aliphatic heterocycles. The number of nitrogens with two attached hydrogens (primary N) is 1. The van der Waals surface area contributed by atoms with Crippen LogP contribution in [-0.2, 0) is 6.18 Å². The minimum Gasteiger partial charge on any atom is -0.394 e. The Morgan fingerprint density at radius 1 is 1.14 bits per heavy atom. The molecular weight excluding hydrogens is 492 g/mol. The summed E-state index contributed by atoms with van der Waals surface area (Å²) in [4.78, 5) is 21.5.